The van der Waals surface area contributed by atoms with E-state index in [4.69, 9.17) is 25.3 Å². The molecule has 1 saturated heterocycles. The molecule has 418 valence electrons. The maximum atomic E-state index is 12.7. The minimum absolute atomic E-state index is 0.0173. The lowest BCUT2D eigenvalue weighted by atomic mass is 9.74. The lowest BCUT2D eigenvalue weighted by molar-refractivity contribution is -1.13. The zero-order valence-electron chi connectivity index (χ0n) is 44.2. The summed E-state index contributed by atoms with van der Waals surface area (Å²) in [6.45, 7) is 9.60. The lowest BCUT2D eigenvalue weighted by Crippen LogP contribution is -2.72. The number of nitrogens with one attached hydrogen (secondary N) is 3. The number of hydrogen-bond donors (Lipinski definition) is 11. The Labute approximate surface area is 439 Å². The van der Waals surface area contributed by atoms with Crippen LogP contribution in [0.2, 0.25) is 0 Å². The highest BCUT2D eigenvalue weighted by atomic mass is 16.7. The number of aliphatic carboxylic acids is 6. The molecule has 76 heavy (non-hydrogen) atoms. The Morgan fingerprint density at radius 2 is 1.50 bits per heavy atom. The van der Waals surface area contributed by atoms with Gasteiger partial charge in [0, 0.05) is 49.6 Å². The van der Waals surface area contributed by atoms with E-state index >= 15 is 0 Å². The highest BCUT2D eigenvalue weighted by Gasteiger charge is 2.59. The van der Waals surface area contributed by atoms with Gasteiger partial charge < -0.3 is 61.3 Å². The zero-order chi connectivity index (χ0) is 56.8. The minimum atomic E-state index is -2.19. The first-order valence-electron chi connectivity index (χ1n) is 25.0. The molecule has 4 unspecified atom stereocenters. The van der Waals surface area contributed by atoms with E-state index in [0.29, 0.717) is 51.3 Å². The first-order valence-corrected chi connectivity index (χ1v) is 25.0. The number of aromatic nitrogens is 1. The van der Waals surface area contributed by atoms with E-state index in [2.05, 4.69) is 20.4 Å². The first-order chi connectivity index (χ1) is 35.7. The average molecular weight is 1070 g/mol. The molecule has 1 aromatic rings. The number of carbonyl (C=O) groups is 7. The molecule has 4 aliphatic rings. The van der Waals surface area contributed by atoms with Crippen molar-refractivity contribution in [1.29, 1.82) is 0 Å². The summed E-state index contributed by atoms with van der Waals surface area (Å²) in [7, 11) is 0. The summed E-state index contributed by atoms with van der Waals surface area (Å²) in [5, 5.41) is 78.4. The number of aliphatic imine (C=N–C) groups is 2. The number of aromatic amines is 1. The molecule has 5 rings (SSSR count). The molecule has 24 nitrogen and oxygen atoms in total. The fraction of sp³-hybridized carbons (Fsp3) is 0.558. The van der Waals surface area contributed by atoms with Gasteiger partial charge in [-0.3, -0.25) is 29.3 Å². The van der Waals surface area contributed by atoms with Crippen LogP contribution in [-0.2, 0) is 54.3 Å². The molecule has 0 saturated carbocycles. The van der Waals surface area contributed by atoms with E-state index in [1.807, 2.05) is 58.9 Å². The van der Waals surface area contributed by atoms with Gasteiger partial charge in [-0.05, 0) is 124 Å². The van der Waals surface area contributed by atoms with Crippen LogP contribution in [0.4, 0.5) is 0 Å². The van der Waals surface area contributed by atoms with Crippen molar-refractivity contribution < 1.29 is 88.3 Å². The molecule has 0 aromatic carbocycles. The number of rotatable bonds is 28. The third-order valence-corrected chi connectivity index (χ3v) is 14.1. The maximum absolute atomic E-state index is 12.7. The third kappa shape index (κ3) is 15.7. The summed E-state index contributed by atoms with van der Waals surface area (Å²) in [6, 6.07) is -0.684. The number of aliphatic hydroxyl groups is 1. The van der Waals surface area contributed by atoms with Crippen LogP contribution in [0.1, 0.15) is 97.6 Å². The molecule has 0 aliphatic carbocycles. The summed E-state index contributed by atoms with van der Waals surface area (Å²) >= 11 is 0. The van der Waals surface area contributed by atoms with Gasteiger partial charge in [0.2, 0.25) is 13.1 Å². The Morgan fingerprint density at radius 1 is 0.868 bits per heavy atom. The molecule has 1 aromatic heterocycles. The number of aliphatic hydroxyl groups excluding tert-OH is 1. The summed E-state index contributed by atoms with van der Waals surface area (Å²) in [4.78, 5) is 104. The quantitative estimate of drug-likeness (QED) is 0.0244. The number of hydroxylamine groups is 3. The van der Waals surface area contributed by atoms with Gasteiger partial charge in [-0.15, -0.1) is 0 Å². The van der Waals surface area contributed by atoms with Crippen LogP contribution in [0, 0.1) is 12.3 Å². The van der Waals surface area contributed by atoms with E-state index in [-0.39, 0.29) is 70.8 Å². The lowest BCUT2D eigenvalue weighted by Gasteiger charge is -2.48. The Balaban J connectivity index is 0.00000196. The van der Waals surface area contributed by atoms with E-state index in [0.717, 1.165) is 16.7 Å². The van der Waals surface area contributed by atoms with Gasteiger partial charge in [-0.2, -0.15) is 4.65 Å². The van der Waals surface area contributed by atoms with Gasteiger partial charge >= 0.3 is 41.8 Å². The topological polar surface area (TPSA) is 379 Å². The minimum Gasteiger partial charge on any atom is -0.481 e. The number of allylic oxidation sites excluding steroid dienone is 4. The van der Waals surface area contributed by atoms with Crippen molar-refractivity contribution in [3.8, 4) is 0 Å². The SMILES string of the molecule is CC1=CC2=NC1=CC1(C(C)OCCO)CC(C)(CCO[N+](CC(=O)O)(CC(=O)O)C(CNCCN)(CC(=O)O)CC(=O)O)C(C=C3N=C(C=c4[nH]c(c(C)c4CCC(=O)O)=C2)C(CCC(=O)O)=C3C)N1.CCOC(C)=O. The van der Waals surface area contributed by atoms with Crippen LogP contribution >= 0.6 is 0 Å². The summed E-state index contributed by atoms with van der Waals surface area (Å²) in [5.74, 6) is -8.43. The van der Waals surface area contributed by atoms with E-state index in [1.165, 1.54) is 6.92 Å². The number of ether oxygens (including phenoxy) is 2. The predicted molar refractivity (Wildman–Crippen MR) is 276 cm³/mol. The van der Waals surface area contributed by atoms with Crippen molar-refractivity contribution in [3.63, 3.8) is 0 Å². The van der Waals surface area contributed by atoms with E-state index in [1.54, 1.807) is 13.0 Å². The number of esters is 1. The molecule has 0 radical (unpaired) electrons. The number of fused-ring (bicyclic) bond motifs is 6. The number of carboxylic acid groups (broad SMARTS) is 6. The van der Waals surface area contributed by atoms with Crippen molar-refractivity contribution in [2.75, 3.05) is 59.2 Å². The highest BCUT2D eigenvalue weighted by Crippen LogP contribution is 2.48. The normalized spacial score (nSPS) is 20.4. The van der Waals surface area contributed by atoms with Crippen molar-refractivity contribution in [2.45, 2.75) is 123 Å². The van der Waals surface area contributed by atoms with E-state index in [9.17, 15) is 69.3 Å². The Morgan fingerprint density at radius 3 is 2.04 bits per heavy atom. The second-order valence-corrected chi connectivity index (χ2v) is 19.7. The van der Waals surface area contributed by atoms with Crippen molar-refractivity contribution in [2.24, 2.45) is 21.1 Å². The summed E-state index contributed by atoms with van der Waals surface area (Å²) < 4.78 is 9.24. The molecule has 4 atom stereocenters. The first kappa shape index (κ1) is 61.9. The van der Waals surface area contributed by atoms with Crippen molar-refractivity contribution in [3.05, 3.63) is 68.2 Å². The molecule has 0 spiro atoms. The molecule has 12 N–H and O–H groups in total. The standard InChI is InChI=1S/C48H65N7O15.C4H8O2/c1-27-16-31-17-34-28(2)32(6-8-40(57)58)36(52-34)18-37-33(7-9-41(59)60)29(3)35(53-37)19-39-46(5,25-48(54-39,20-38(27)51-31)30(4)69-15-13-56)10-14-70-55(23-44(65)66,24-45(67)68)47(21-42(61)62,22-43(63)64)26-50-12-11-49;1-3-6-4(2)5/h16-20,30,39,50,54,56H,6-15,21-26,49H2,1-5H3,(H6-,51,52,53,57,58,59,60,61,62,63,64,65,66,67,68);3H2,1-2H3/p+1. The second kappa shape index (κ2) is 26.9. The molecule has 8 bridgehead atoms. The van der Waals surface area contributed by atoms with Crippen LogP contribution in [0.25, 0.3) is 12.2 Å². The molecule has 24 heteroatoms. The van der Waals surface area contributed by atoms with Crippen LogP contribution in [0.5, 0.6) is 0 Å². The van der Waals surface area contributed by atoms with Gasteiger partial charge in [0.1, 0.15) is 19.4 Å². The second-order valence-electron chi connectivity index (χ2n) is 19.7. The average Bonchev–Trinajstić information content (AvgIpc) is 3.98. The molecular weight excluding hydrogens is 995 g/mol. The summed E-state index contributed by atoms with van der Waals surface area (Å²) in [5.41, 5.74) is 7.18. The molecule has 4 aliphatic heterocycles. The monoisotopic (exact) mass is 1070 g/mol. The van der Waals surface area contributed by atoms with Gasteiger partial charge in [-0.25, -0.2) is 24.4 Å². The van der Waals surface area contributed by atoms with Crippen LogP contribution in [0.15, 0.2) is 56.3 Å². The largest absolute Gasteiger partial charge is 0.481 e. The Kier molecular flexibility index (Phi) is 21.9. The number of quaternary nitrogens is 1. The highest BCUT2D eigenvalue weighted by molar-refractivity contribution is 6.23. The third-order valence-electron chi connectivity index (χ3n) is 14.1. The van der Waals surface area contributed by atoms with Gasteiger partial charge in [0.15, 0.2) is 5.54 Å². The Hall–Kier alpha value is -6.67. The zero-order valence-corrected chi connectivity index (χ0v) is 44.2. The van der Waals surface area contributed by atoms with Gasteiger partial charge in [0.05, 0.1) is 60.8 Å². The maximum Gasteiger partial charge on any atom is 0.362 e. The number of carbonyl (C=O) groups excluding carboxylic acids is 1. The van der Waals surface area contributed by atoms with Crippen LogP contribution in [0.3, 0.4) is 0 Å². The molecule has 0 amide bonds. The van der Waals surface area contributed by atoms with E-state index < -0.39 is 108 Å². The fourth-order valence-corrected chi connectivity index (χ4v) is 10.4. The smallest absolute Gasteiger partial charge is 0.362 e. The predicted octanol–water partition coefficient (Wildman–Crippen LogP) is 1.34. The van der Waals surface area contributed by atoms with Gasteiger partial charge in [-0.1, -0.05) is 6.92 Å². The number of carboxylic acids is 6. The number of H-pyrrole nitrogens is 1. The van der Waals surface area contributed by atoms with Crippen molar-refractivity contribution in [1.82, 2.24) is 15.6 Å². The van der Waals surface area contributed by atoms with Crippen molar-refractivity contribution >= 4 is 65.4 Å². The molecular formula is C52H74N7O17+. The molecule has 5 heterocycles. The van der Waals surface area contributed by atoms with Crippen LogP contribution in [-0.4, -0.2) is 181 Å². The fourth-order valence-electron chi connectivity index (χ4n) is 10.4. The molecule has 1 fully saturated rings. The van der Waals surface area contributed by atoms with Crippen LogP contribution < -0.4 is 27.1 Å². The summed E-state index contributed by atoms with van der Waals surface area (Å²) in [6.07, 6.45) is 6.86. The van der Waals surface area contributed by atoms with Gasteiger partial charge in [0.25, 0.3) is 0 Å². The number of nitrogens with zero attached hydrogens (tertiary/aromatic N) is 3. The number of hydrogen-bond acceptors (Lipinski definition) is 16. The number of nitrogens with two attached hydrogens (primary N) is 1. The Bertz CT molecular complexity index is 2690.